The quantitative estimate of drug-likeness (QED) is 0.919. The third-order valence-corrected chi connectivity index (χ3v) is 3.74. The summed E-state index contributed by atoms with van der Waals surface area (Å²) in [5.41, 5.74) is 2.28. The van der Waals surface area contributed by atoms with Crippen molar-refractivity contribution in [3.8, 4) is 17.0 Å². The molecule has 1 aromatic heterocycles. The summed E-state index contributed by atoms with van der Waals surface area (Å²) in [5, 5.41) is 9.27. The van der Waals surface area contributed by atoms with Gasteiger partial charge >= 0.3 is 0 Å². The average molecular weight is 285 g/mol. The molecular weight excluding hydrogens is 266 g/mol. The Morgan fingerprint density at radius 1 is 1.19 bits per heavy atom. The summed E-state index contributed by atoms with van der Waals surface area (Å²) in [6.45, 7) is 2.37. The van der Waals surface area contributed by atoms with Crippen LogP contribution in [0.4, 0.5) is 0 Å². The Balaban J connectivity index is 2.05. The Bertz CT molecular complexity index is 684. The molecule has 1 aliphatic carbocycles. The molecule has 21 heavy (non-hydrogen) atoms. The first-order valence-electron chi connectivity index (χ1n) is 7.33. The molecule has 0 amide bonds. The van der Waals surface area contributed by atoms with Crippen LogP contribution in [0.5, 0.6) is 5.75 Å². The predicted molar refractivity (Wildman–Crippen MR) is 81.5 cm³/mol. The minimum atomic E-state index is -0.213. The van der Waals surface area contributed by atoms with Crippen LogP contribution < -0.4 is 10.3 Å². The normalized spacial score (nSPS) is 14.2. The molecule has 1 aromatic carbocycles. The summed E-state index contributed by atoms with van der Waals surface area (Å²) in [4.78, 5) is 12.4. The number of aliphatic hydroxyl groups is 1. The van der Waals surface area contributed by atoms with E-state index < -0.39 is 0 Å². The molecule has 1 heterocycles. The Labute approximate surface area is 123 Å². The third-order valence-electron chi connectivity index (χ3n) is 3.74. The van der Waals surface area contributed by atoms with E-state index in [2.05, 4.69) is 0 Å². The van der Waals surface area contributed by atoms with Gasteiger partial charge in [-0.05, 0) is 61.7 Å². The van der Waals surface area contributed by atoms with Gasteiger partial charge in [-0.3, -0.25) is 4.79 Å². The molecule has 1 N–H and O–H groups in total. The Kier molecular flexibility index (Phi) is 3.80. The summed E-state index contributed by atoms with van der Waals surface area (Å²) in [7, 11) is 0. The number of rotatable bonds is 5. The van der Waals surface area contributed by atoms with E-state index in [0.717, 1.165) is 29.8 Å². The van der Waals surface area contributed by atoms with Gasteiger partial charge in [0.15, 0.2) is 0 Å². The van der Waals surface area contributed by atoms with E-state index in [9.17, 15) is 9.90 Å². The van der Waals surface area contributed by atoms with Crippen LogP contribution in [0.25, 0.3) is 11.3 Å². The van der Waals surface area contributed by atoms with E-state index in [-0.39, 0.29) is 18.2 Å². The first-order valence-corrected chi connectivity index (χ1v) is 7.33. The highest BCUT2D eigenvalue weighted by atomic mass is 16.5. The highest BCUT2D eigenvalue weighted by Crippen LogP contribution is 2.37. The number of nitrogens with zero attached hydrogens (tertiary/aromatic N) is 1. The summed E-state index contributed by atoms with van der Waals surface area (Å²) in [6, 6.07) is 11.7. The predicted octanol–water partition coefficient (Wildman–Crippen LogP) is 2.74. The fourth-order valence-corrected chi connectivity index (χ4v) is 2.53. The van der Waals surface area contributed by atoms with Crippen molar-refractivity contribution >= 4 is 0 Å². The number of ether oxygens (including phenoxy) is 1. The Morgan fingerprint density at radius 3 is 2.48 bits per heavy atom. The first kappa shape index (κ1) is 13.9. The highest BCUT2D eigenvalue weighted by molar-refractivity contribution is 5.61. The monoisotopic (exact) mass is 285 g/mol. The van der Waals surface area contributed by atoms with E-state index in [1.165, 1.54) is 0 Å². The molecule has 4 heteroatoms. The zero-order valence-electron chi connectivity index (χ0n) is 12.1. The van der Waals surface area contributed by atoms with Crippen LogP contribution in [0, 0.1) is 0 Å². The van der Waals surface area contributed by atoms with Gasteiger partial charge in [0.2, 0.25) is 0 Å². The molecule has 0 radical (unpaired) electrons. The SMILES string of the molecule is CCOc1ccc(-c2ccc(CO)c(=O)n2C2CC2)cc1. The van der Waals surface area contributed by atoms with Gasteiger partial charge in [0.05, 0.1) is 18.9 Å². The van der Waals surface area contributed by atoms with Crippen molar-refractivity contribution in [3.05, 3.63) is 52.3 Å². The maximum Gasteiger partial charge on any atom is 0.256 e. The molecule has 4 nitrogen and oxygen atoms in total. The molecule has 2 aromatic rings. The molecule has 0 saturated heterocycles. The molecule has 1 aliphatic rings. The van der Waals surface area contributed by atoms with Gasteiger partial charge in [0.25, 0.3) is 5.56 Å². The van der Waals surface area contributed by atoms with Crippen molar-refractivity contribution in [2.75, 3.05) is 6.61 Å². The molecule has 3 rings (SSSR count). The fraction of sp³-hybridized carbons (Fsp3) is 0.353. The fourth-order valence-electron chi connectivity index (χ4n) is 2.53. The Hall–Kier alpha value is -2.07. The lowest BCUT2D eigenvalue weighted by molar-refractivity contribution is 0.279. The van der Waals surface area contributed by atoms with E-state index in [4.69, 9.17) is 4.74 Å². The van der Waals surface area contributed by atoms with Crippen LogP contribution >= 0.6 is 0 Å². The van der Waals surface area contributed by atoms with Crippen LogP contribution in [-0.4, -0.2) is 16.3 Å². The van der Waals surface area contributed by atoms with Crippen molar-refractivity contribution in [2.45, 2.75) is 32.4 Å². The molecule has 0 atom stereocenters. The number of pyridine rings is 1. The van der Waals surface area contributed by atoms with Gasteiger partial charge in [-0.1, -0.05) is 0 Å². The van der Waals surface area contributed by atoms with E-state index in [0.29, 0.717) is 12.2 Å². The second kappa shape index (κ2) is 5.74. The van der Waals surface area contributed by atoms with Gasteiger partial charge in [0, 0.05) is 11.6 Å². The molecular formula is C17H19NO3. The summed E-state index contributed by atoms with van der Waals surface area (Å²) in [5.74, 6) is 0.827. The largest absolute Gasteiger partial charge is 0.494 e. The van der Waals surface area contributed by atoms with E-state index in [1.807, 2.05) is 41.8 Å². The van der Waals surface area contributed by atoms with Gasteiger partial charge in [0.1, 0.15) is 5.75 Å². The summed E-state index contributed by atoms with van der Waals surface area (Å²) < 4.78 is 7.27. The third kappa shape index (κ3) is 2.72. The van der Waals surface area contributed by atoms with E-state index in [1.54, 1.807) is 6.07 Å². The Morgan fingerprint density at radius 2 is 1.90 bits per heavy atom. The average Bonchev–Trinajstić information content (AvgIpc) is 3.33. The lowest BCUT2D eigenvalue weighted by atomic mass is 10.1. The minimum absolute atomic E-state index is 0.0774. The molecule has 0 bridgehead atoms. The zero-order valence-corrected chi connectivity index (χ0v) is 12.1. The highest BCUT2D eigenvalue weighted by Gasteiger charge is 2.27. The maximum atomic E-state index is 12.4. The van der Waals surface area contributed by atoms with Crippen LogP contribution in [-0.2, 0) is 6.61 Å². The second-order valence-electron chi connectivity index (χ2n) is 5.27. The van der Waals surface area contributed by atoms with Crippen molar-refractivity contribution in [2.24, 2.45) is 0 Å². The van der Waals surface area contributed by atoms with Crippen molar-refractivity contribution in [3.63, 3.8) is 0 Å². The number of hydrogen-bond donors (Lipinski definition) is 1. The van der Waals surface area contributed by atoms with Gasteiger partial charge < -0.3 is 14.4 Å². The number of aromatic nitrogens is 1. The number of hydrogen-bond acceptors (Lipinski definition) is 3. The molecule has 110 valence electrons. The summed E-state index contributed by atoms with van der Waals surface area (Å²) >= 11 is 0. The number of benzene rings is 1. The van der Waals surface area contributed by atoms with Gasteiger partial charge in [-0.15, -0.1) is 0 Å². The molecule has 0 aliphatic heterocycles. The molecule has 0 spiro atoms. The van der Waals surface area contributed by atoms with Crippen LogP contribution in [0.2, 0.25) is 0 Å². The molecule has 0 unspecified atom stereocenters. The lowest BCUT2D eigenvalue weighted by Crippen LogP contribution is -2.24. The molecule has 1 fully saturated rings. The zero-order chi connectivity index (χ0) is 14.8. The lowest BCUT2D eigenvalue weighted by Gasteiger charge is -2.14. The smallest absolute Gasteiger partial charge is 0.256 e. The minimum Gasteiger partial charge on any atom is -0.494 e. The number of aliphatic hydroxyl groups excluding tert-OH is 1. The topological polar surface area (TPSA) is 51.5 Å². The van der Waals surface area contributed by atoms with Gasteiger partial charge in [-0.2, -0.15) is 0 Å². The maximum absolute atomic E-state index is 12.4. The van der Waals surface area contributed by atoms with Crippen molar-refractivity contribution < 1.29 is 9.84 Å². The summed E-state index contributed by atoms with van der Waals surface area (Å²) in [6.07, 6.45) is 2.05. The van der Waals surface area contributed by atoms with Crippen molar-refractivity contribution in [1.82, 2.24) is 4.57 Å². The van der Waals surface area contributed by atoms with Crippen LogP contribution in [0.3, 0.4) is 0 Å². The van der Waals surface area contributed by atoms with Crippen LogP contribution in [0.15, 0.2) is 41.2 Å². The van der Waals surface area contributed by atoms with Gasteiger partial charge in [-0.25, -0.2) is 0 Å². The molecule has 1 saturated carbocycles. The van der Waals surface area contributed by atoms with E-state index >= 15 is 0 Å². The standard InChI is InChI=1S/C17H19NO3/c1-2-21-15-8-3-12(4-9-15)16-10-5-13(11-19)17(20)18(16)14-6-7-14/h3-5,8-10,14,19H,2,6-7,11H2,1H3. The van der Waals surface area contributed by atoms with Crippen LogP contribution in [0.1, 0.15) is 31.4 Å². The first-order chi connectivity index (χ1) is 10.2. The second-order valence-corrected chi connectivity index (χ2v) is 5.27. The van der Waals surface area contributed by atoms with Crippen molar-refractivity contribution in [1.29, 1.82) is 0 Å².